The van der Waals surface area contributed by atoms with Crippen molar-refractivity contribution in [1.29, 1.82) is 0 Å². The Balaban J connectivity index is 0.939. The minimum Gasteiger partial charge on any atom is -0.456 e. The van der Waals surface area contributed by atoms with E-state index in [2.05, 4.69) is 267 Å². The van der Waals surface area contributed by atoms with Crippen LogP contribution in [-0.4, -0.2) is 0 Å². The van der Waals surface area contributed by atoms with Crippen LogP contribution in [0, 0.1) is 0 Å². The monoisotopic (exact) mass is 881 g/mol. The van der Waals surface area contributed by atoms with Crippen molar-refractivity contribution >= 4 is 49.8 Å². The van der Waals surface area contributed by atoms with E-state index in [0.717, 1.165) is 55.7 Å². The first-order valence-corrected chi connectivity index (χ1v) is 23.9. The minimum atomic E-state index is -0.119. The molecule has 0 saturated carbocycles. The van der Waals surface area contributed by atoms with E-state index in [1.54, 1.807) is 0 Å². The molecule has 0 fully saturated rings. The Kier molecular flexibility index (Phi) is 9.55. The fourth-order valence-corrected chi connectivity index (χ4v) is 11.1. The lowest BCUT2D eigenvalue weighted by Gasteiger charge is -2.29. The van der Waals surface area contributed by atoms with Crippen LogP contribution in [0.15, 0.2) is 253 Å². The smallest absolute Gasteiger partial charge is 0.136 e. The summed E-state index contributed by atoms with van der Waals surface area (Å²) in [7, 11) is 0. The van der Waals surface area contributed by atoms with Gasteiger partial charge in [-0.3, -0.25) is 0 Å². The number of para-hydroxylation sites is 1. The maximum absolute atomic E-state index is 6.47. The molecule has 1 aliphatic carbocycles. The lowest BCUT2D eigenvalue weighted by molar-refractivity contribution is 0.662. The van der Waals surface area contributed by atoms with E-state index >= 15 is 0 Å². The Labute approximate surface area is 403 Å². The fraction of sp³-hybridized carbons (Fsp3) is 0.0448. The van der Waals surface area contributed by atoms with Crippen molar-refractivity contribution in [2.75, 3.05) is 4.90 Å². The summed E-state index contributed by atoms with van der Waals surface area (Å²) >= 11 is 0. The van der Waals surface area contributed by atoms with Crippen molar-refractivity contribution in [3.05, 3.63) is 260 Å². The van der Waals surface area contributed by atoms with E-state index in [4.69, 9.17) is 4.42 Å². The SMILES string of the molecule is CC1(C)c2ccccc2-c2cccc(-c3ccc(N(c4ccc(-c5ccc(-c6ccccc6)c(-c6ccccc6)c5)cc4)c4ccccc4-c4ccc5oc6cc7ccccc7cc6c5c4)cc3)c21. The molecule has 0 spiro atoms. The summed E-state index contributed by atoms with van der Waals surface area (Å²) in [5.74, 6) is 0. The van der Waals surface area contributed by atoms with Crippen LogP contribution < -0.4 is 4.90 Å². The molecule has 1 heterocycles. The number of fused-ring (bicyclic) bond motifs is 7. The average molecular weight is 882 g/mol. The molecule has 0 aliphatic heterocycles. The first-order chi connectivity index (χ1) is 34.0. The van der Waals surface area contributed by atoms with Crippen molar-refractivity contribution in [2.24, 2.45) is 0 Å². The van der Waals surface area contributed by atoms with E-state index in [-0.39, 0.29) is 5.41 Å². The standard InChI is InChI=1S/C67H47NO/c1-67(2)62-26-13-11-23-57(62)58-25-15-24-56(66(58)67)47-30-36-53(37-31-47)68(52-34-28-44(29-35-52)50-32-38-54(45-16-5-3-6-17-45)59(40-50)46-18-7-4-8-19-46)63-27-14-12-22-55(63)51-33-39-64-60(42-51)61-41-48-20-9-10-21-49(48)43-65(61)69-64/h3-43H,1-2H3. The van der Waals surface area contributed by atoms with Gasteiger partial charge < -0.3 is 9.32 Å². The molecule has 0 radical (unpaired) electrons. The number of rotatable bonds is 8. The maximum Gasteiger partial charge on any atom is 0.136 e. The highest BCUT2D eigenvalue weighted by Crippen LogP contribution is 2.52. The van der Waals surface area contributed by atoms with Crippen LogP contribution in [0.2, 0.25) is 0 Å². The van der Waals surface area contributed by atoms with Gasteiger partial charge in [-0.15, -0.1) is 0 Å². The molecule has 69 heavy (non-hydrogen) atoms. The molecule has 0 bridgehead atoms. The van der Waals surface area contributed by atoms with Gasteiger partial charge >= 0.3 is 0 Å². The Bertz CT molecular complexity index is 3900. The molecule has 1 aromatic heterocycles. The largest absolute Gasteiger partial charge is 0.456 e. The molecule has 2 nitrogen and oxygen atoms in total. The number of furan rings is 1. The zero-order valence-electron chi connectivity index (χ0n) is 38.5. The highest BCUT2D eigenvalue weighted by molar-refractivity contribution is 6.11. The third kappa shape index (κ3) is 6.87. The highest BCUT2D eigenvalue weighted by atomic mass is 16.3. The van der Waals surface area contributed by atoms with Gasteiger partial charge in [0.25, 0.3) is 0 Å². The zero-order valence-corrected chi connectivity index (χ0v) is 38.5. The topological polar surface area (TPSA) is 16.4 Å². The molecule has 0 N–H and O–H groups in total. The van der Waals surface area contributed by atoms with Gasteiger partial charge in [0, 0.05) is 33.1 Å². The lowest BCUT2D eigenvalue weighted by atomic mass is 9.79. The average Bonchev–Trinajstić information content (AvgIpc) is 3.89. The van der Waals surface area contributed by atoms with Gasteiger partial charge in [-0.2, -0.15) is 0 Å². The van der Waals surface area contributed by atoms with Gasteiger partial charge in [-0.05, 0) is 144 Å². The molecule has 11 aromatic carbocycles. The van der Waals surface area contributed by atoms with Gasteiger partial charge in [0.1, 0.15) is 11.2 Å². The Morgan fingerprint density at radius 2 is 0.855 bits per heavy atom. The normalized spacial score (nSPS) is 12.6. The molecule has 0 unspecified atom stereocenters. The van der Waals surface area contributed by atoms with Crippen molar-refractivity contribution in [2.45, 2.75) is 19.3 Å². The number of nitrogens with zero attached hydrogens (tertiary/aromatic N) is 1. The molecule has 326 valence electrons. The molecule has 0 amide bonds. The van der Waals surface area contributed by atoms with Crippen molar-refractivity contribution in [3.8, 4) is 66.8 Å². The first kappa shape index (κ1) is 40.5. The number of anilines is 3. The second kappa shape index (κ2) is 16.3. The van der Waals surface area contributed by atoms with Crippen LogP contribution in [0.5, 0.6) is 0 Å². The van der Waals surface area contributed by atoms with Gasteiger partial charge in [0.15, 0.2) is 0 Å². The summed E-state index contributed by atoms with van der Waals surface area (Å²) in [4.78, 5) is 2.41. The number of hydrogen-bond acceptors (Lipinski definition) is 2. The molecule has 0 atom stereocenters. The van der Waals surface area contributed by atoms with Crippen LogP contribution in [0.25, 0.3) is 99.5 Å². The maximum atomic E-state index is 6.47. The summed E-state index contributed by atoms with van der Waals surface area (Å²) in [6.07, 6.45) is 0. The lowest BCUT2D eigenvalue weighted by Crippen LogP contribution is -2.16. The second-order valence-corrected chi connectivity index (χ2v) is 18.8. The van der Waals surface area contributed by atoms with Gasteiger partial charge in [0.2, 0.25) is 0 Å². The summed E-state index contributed by atoms with van der Waals surface area (Å²) in [6, 6.07) is 90.6. The molecular formula is C67H47NO. The molecule has 12 aromatic rings. The van der Waals surface area contributed by atoms with Crippen LogP contribution in [-0.2, 0) is 5.41 Å². The zero-order chi connectivity index (χ0) is 46.1. The van der Waals surface area contributed by atoms with E-state index in [9.17, 15) is 0 Å². The summed E-state index contributed by atoms with van der Waals surface area (Å²) in [6.45, 7) is 4.73. The molecule has 2 heteroatoms. The quantitative estimate of drug-likeness (QED) is 0.151. The van der Waals surface area contributed by atoms with Crippen LogP contribution in [0.1, 0.15) is 25.0 Å². The molecule has 1 aliphatic rings. The van der Waals surface area contributed by atoms with E-state index in [1.165, 1.54) is 72.0 Å². The van der Waals surface area contributed by atoms with Crippen LogP contribution in [0.4, 0.5) is 17.1 Å². The van der Waals surface area contributed by atoms with Gasteiger partial charge in [0.05, 0.1) is 5.69 Å². The Hall–Kier alpha value is -8.72. The van der Waals surface area contributed by atoms with Crippen LogP contribution in [0.3, 0.4) is 0 Å². The molecule has 0 saturated heterocycles. The summed E-state index contributed by atoms with van der Waals surface area (Å²) in [5.41, 5.74) is 22.2. The first-order valence-electron chi connectivity index (χ1n) is 23.9. The van der Waals surface area contributed by atoms with Crippen LogP contribution >= 0.6 is 0 Å². The number of benzene rings is 11. The predicted octanol–water partition coefficient (Wildman–Crippen LogP) is 18.9. The summed E-state index contributed by atoms with van der Waals surface area (Å²) < 4.78 is 6.47. The third-order valence-electron chi connectivity index (χ3n) is 14.5. The molecular weight excluding hydrogens is 835 g/mol. The van der Waals surface area contributed by atoms with E-state index < -0.39 is 0 Å². The van der Waals surface area contributed by atoms with Gasteiger partial charge in [-0.1, -0.05) is 202 Å². The van der Waals surface area contributed by atoms with Crippen molar-refractivity contribution < 1.29 is 4.42 Å². The number of hydrogen-bond donors (Lipinski definition) is 0. The predicted molar refractivity (Wildman–Crippen MR) is 291 cm³/mol. The fourth-order valence-electron chi connectivity index (χ4n) is 11.1. The Morgan fingerprint density at radius 1 is 0.319 bits per heavy atom. The second-order valence-electron chi connectivity index (χ2n) is 18.8. The Morgan fingerprint density at radius 3 is 1.59 bits per heavy atom. The van der Waals surface area contributed by atoms with Gasteiger partial charge in [-0.25, -0.2) is 0 Å². The van der Waals surface area contributed by atoms with E-state index in [1.807, 2.05) is 0 Å². The van der Waals surface area contributed by atoms with E-state index in [0.29, 0.717) is 0 Å². The minimum absolute atomic E-state index is 0.119. The third-order valence-corrected chi connectivity index (χ3v) is 14.5. The highest BCUT2D eigenvalue weighted by Gasteiger charge is 2.37. The van der Waals surface area contributed by atoms with Crippen molar-refractivity contribution in [3.63, 3.8) is 0 Å². The summed E-state index contributed by atoms with van der Waals surface area (Å²) in [5, 5.41) is 4.61. The van der Waals surface area contributed by atoms with Crippen molar-refractivity contribution in [1.82, 2.24) is 0 Å². The molecule has 13 rings (SSSR count).